The molecule has 1 aromatic rings. The van der Waals surface area contributed by atoms with Gasteiger partial charge in [-0.15, -0.1) is 0 Å². The second-order valence-corrected chi connectivity index (χ2v) is 5.00. The Labute approximate surface area is 113 Å². The predicted octanol–water partition coefficient (Wildman–Crippen LogP) is 4.58. The van der Waals surface area contributed by atoms with Crippen molar-refractivity contribution in [3.05, 3.63) is 35.1 Å². The highest BCUT2D eigenvalue weighted by Crippen LogP contribution is 2.27. The lowest BCUT2D eigenvalue weighted by Gasteiger charge is -2.22. The van der Waals surface area contributed by atoms with E-state index in [9.17, 15) is 13.2 Å². The van der Waals surface area contributed by atoms with E-state index in [4.69, 9.17) is 0 Å². The van der Waals surface area contributed by atoms with E-state index in [0.717, 1.165) is 18.9 Å². The first kappa shape index (κ1) is 16.0. The molecule has 1 nitrogen and oxygen atoms in total. The molecule has 0 saturated heterocycles. The van der Waals surface area contributed by atoms with Crippen molar-refractivity contribution in [1.29, 1.82) is 0 Å². The first-order valence-corrected chi connectivity index (χ1v) is 6.87. The van der Waals surface area contributed by atoms with E-state index in [2.05, 4.69) is 19.2 Å². The lowest BCUT2D eigenvalue weighted by Crippen LogP contribution is -2.24. The molecule has 0 fully saturated rings. The second kappa shape index (κ2) is 7.53. The number of hydrogen-bond acceptors (Lipinski definition) is 1. The van der Waals surface area contributed by atoms with Crippen LogP contribution in [0.15, 0.2) is 12.1 Å². The van der Waals surface area contributed by atoms with Gasteiger partial charge in [-0.1, -0.05) is 39.7 Å². The largest absolute Gasteiger partial charge is 0.310 e. The van der Waals surface area contributed by atoms with Gasteiger partial charge in [-0.05, 0) is 24.9 Å². The Morgan fingerprint density at radius 3 is 2.37 bits per heavy atom. The summed E-state index contributed by atoms with van der Waals surface area (Å²) in [7, 11) is 0. The zero-order valence-corrected chi connectivity index (χ0v) is 11.8. The number of benzene rings is 1. The lowest BCUT2D eigenvalue weighted by molar-refractivity contribution is 0.373. The van der Waals surface area contributed by atoms with Gasteiger partial charge in [0.15, 0.2) is 17.5 Å². The average Bonchev–Trinajstić information content (AvgIpc) is 2.36. The molecule has 2 unspecified atom stereocenters. The number of nitrogens with one attached hydrogen (secondary N) is 1. The minimum Gasteiger partial charge on any atom is -0.310 e. The quantitative estimate of drug-likeness (QED) is 0.717. The van der Waals surface area contributed by atoms with Crippen LogP contribution < -0.4 is 5.32 Å². The molecular formula is C15H22F3N. The molecule has 0 aliphatic carbocycles. The lowest BCUT2D eigenvalue weighted by atomic mass is 9.92. The Hall–Kier alpha value is -1.03. The van der Waals surface area contributed by atoms with Crippen molar-refractivity contribution >= 4 is 0 Å². The van der Waals surface area contributed by atoms with Crippen molar-refractivity contribution < 1.29 is 13.2 Å². The molecule has 0 bridgehead atoms. The molecule has 4 heteroatoms. The molecule has 19 heavy (non-hydrogen) atoms. The van der Waals surface area contributed by atoms with Gasteiger partial charge in [-0.25, -0.2) is 13.2 Å². The van der Waals surface area contributed by atoms with Gasteiger partial charge in [0.1, 0.15) is 0 Å². The van der Waals surface area contributed by atoms with E-state index < -0.39 is 17.5 Å². The Kier molecular flexibility index (Phi) is 6.35. The summed E-state index contributed by atoms with van der Waals surface area (Å²) in [5.74, 6) is -3.20. The van der Waals surface area contributed by atoms with Crippen molar-refractivity contribution in [2.75, 3.05) is 6.54 Å². The Balaban J connectivity index is 2.95. The molecule has 2 atom stereocenters. The molecule has 0 amide bonds. The zero-order chi connectivity index (χ0) is 14.4. The van der Waals surface area contributed by atoms with E-state index in [1.165, 1.54) is 6.07 Å². The first-order valence-electron chi connectivity index (χ1n) is 6.87. The summed E-state index contributed by atoms with van der Waals surface area (Å²) >= 11 is 0. The summed E-state index contributed by atoms with van der Waals surface area (Å²) in [5, 5.41) is 3.15. The molecule has 0 saturated carbocycles. The molecule has 1 aromatic carbocycles. The van der Waals surface area contributed by atoms with Gasteiger partial charge in [-0.2, -0.15) is 0 Å². The summed E-state index contributed by atoms with van der Waals surface area (Å²) in [6, 6.07) is 2.05. The van der Waals surface area contributed by atoms with Crippen LogP contribution in [-0.2, 0) is 0 Å². The summed E-state index contributed by atoms with van der Waals surface area (Å²) in [6.07, 6.45) is 2.80. The highest BCUT2D eigenvalue weighted by molar-refractivity contribution is 5.23. The van der Waals surface area contributed by atoms with Crippen LogP contribution >= 0.6 is 0 Å². The van der Waals surface area contributed by atoms with Crippen molar-refractivity contribution in [1.82, 2.24) is 5.32 Å². The number of rotatable bonds is 7. The summed E-state index contributed by atoms with van der Waals surface area (Å²) in [5.41, 5.74) is 0.212. The van der Waals surface area contributed by atoms with Gasteiger partial charge in [0.05, 0.1) is 0 Å². The van der Waals surface area contributed by atoms with Crippen molar-refractivity contribution in [2.45, 2.75) is 46.1 Å². The van der Waals surface area contributed by atoms with Crippen LogP contribution in [0.2, 0.25) is 0 Å². The minimum atomic E-state index is -1.39. The zero-order valence-electron chi connectivity index (χ0n) is 11.8. The summed E-state index contributed by atoms with van der Waals surface area (Å²) < 4.78 is 40.1. The SMILES string of the molecule is CCCC(C)CC(NCC)c1ccc(F)c(F)c1F. The molecule has 0 aromatic heterocycles. The molecule has 1 N–H and O–H groups in total. The van der Waals surface area contributed by atoms with Crippen molar-refractivity contribution in [3.8, 4) is 0 Å². The van der Waals surface area contributed by atoms with Crippen LogP contribution in [-0.4, -0.2) is 6.54 Å². The second-order valence-electron chi connectivity index (χ2n) is 5.00. The van der Waals surface area contributed by atoms with E-state index in [0.29, 0.717) is 18.9 Å². The topological polar surface area (TPSA) is 12.0 Å². The van der Waals surface area contributed by atoms with E-state index in [1.807, 2.05) is 6.92 Å². The molecule has 0 aliphatic heterocycles. The maximum absolute atomic E-state index is 13.8. The monoisotopic (exact) mass is 273 g/mol. The smallest absolute Gasteiger partial charge is 0.194 e. The van der Waals surface area contributed by atoms with Gasteiger partial charge in [-0.3, -0.25) is 0 Å². The molecule has 0 heterocycles. The fourth-order valence-corrected chi connectivity index (χ4v) is 2.39. The van der Waals surface area contributed by atoms with Crippen LogP contribution in [0.25, 0.3) is 0 Å². The van der Waals surface area contributed by atoms with Crippen LogP contribution in [0.5, 0.6) is 0 Å². The van der Waals surface area contributed by atoms with Gasteiger partial charge < -0.3 is 5.32 Å². The number of hydrogen-bond donors (Lipinski definition) is 1. The molecular weight excluding hydrogens is 251 g/mol. The molecule has 1 rings (SSSR count). The van der Waals surface area contributed by atoms with Crippen molar-refractivity contribution in [2.24, 2.45) is 5.92 Å². The third kappa shape index (κ3) is 4.23. The third-order valence-corrected chi connectivity index (χ3v) is 3.31. The van der Waals surface area contributed by atoms with Crippen LogP contribution in [0, 0.1) is 23.4 Å². The molecule has 108 valence electrons. The van der Waals surface area contributed by atoms with Gasteiger partial charge in [0, 0.05) is 11.6 Å². The van der Waals surface area contributed by atoms with E-state index >= 15 is 0 Å². The maximum atomic E-state index is 13.8. The minimum absolute atomic E-state index is 0.212. The fourth-order valence-electron chi connectivity index (χ4n) is 2.39. The summed E-state index contributed by atoms with van der Waals surface area (Å²) in [6.45, 7) is 6.75. The Morgan fingerprint density at radius 1 is 1.11 bits per heavy atom. The van der Waals surface area contributed by atoms with Crippen molar-refractivity contribution in [3.63, 3.8) is 0 Å². The van der Waals surface area contributed by atoms with E-state index in [1.54, 1.807) is 0 Å². The van der Waals surface area contributed by atoms with Crippen LogP contribution in [0.4, 0.5) is 13.2 Å². The summed E-state index contributed by atoms with van der Waals surface area (Å²) in [4.78, 5) is 0. The highest BCUT2D eigenvalue weighted by Gasteiger charge is 2.21. The first-order chi connectivity index (χ1) is 9.01. The molecule has 0 radical (unpaired) electrons. The number of halogens is 3. The van der Waals surface area contributed by atoms with Gasteiger partial charge in [0.2, 0.25) is 0 Å². The predicted molar refractivity (Wildman–Crippen MR) is 71.4 cm³/mol. The van der Waals surface area contributed by atoms with Gasteiger partial charge >= 0.3 is 0 Å². The van der Waals surface area contributed by atoms with Crippen LogP contribution in [0.3, 0.4) is 0 Å². The average molecular weight is 273 g/mol. The Bertz CT molecular complexity index is 407. The third-order valence-electron chi connectivity index (χ3n) is 3.31. The molecule has 0 spiro atoms. The normalized spacial score (nSPS) is 14.4. The maximum Gasteiger partial charge on any atom is 0.194 e. The van der Waals surface area contributed by atoms with E-state index in [-0.39, 0.29) is 11.6 Å². The highest BCUT2D eigenvalue weighted by atomic mass is 19.2. The van der Waals surface area contributed by atoms with Gasteiger partial charge in [0.25, 0.3) is 0 Å². The standard InChI is InChI=1S/C15H22F3N/c1-4-6-10(3)9-13(19-5-2)11-7-8-12(16)15(18)14(11)17/h7-8,10,13,19H,4-6,9H2,1-3H3. The Morgan fingerprint density at radius 2 is 1.79 bits per heavy atom. The molecule has 0 aliphatic rings. The fraction of sp³-hybridized carbons (Fsp3) is 0.600. The van der Waals surface area contributed by atoms with Crippen LogP contribution in [0.1, 0.15) is 51.6 Å².